The summed E-state index contributed by atoms with van der Waals surface area (Å²) in [5.41, 5.74) is 1.49. The van der Waals surface area contributed by atoms with Gasteiger partial charge in [-0.1, -0.05) is 13.3 Å². The number of aliphatic hydroxyl groups is 1. The number of nitrogens with one attached hydrogen (secondary N) is 1. The fourth-order valence-corrected chi connectivity index (χ4v) is 2.32. The van der Waals surface area contributed by atoms with E-state index in [-0.39, 0.29) is 17.7 Å². The van der Waals surface area contributed by atoms with Crippen molar-refractivity contribution in [2.75, 3.05) is 24.7 Å². The Bertz CT molecular complexity index is 554. The number of aromatic nitrogens is 2. The fraction of sp³-hybridized carbons (Fsp3) is 0.692. The van der Waals surface area contributed by atoms with E-state index in [1.807, 2.05) is 13.8 Å². The molecule has 6 nitrogen and oxygen atoms in total. The van der Waals surface area contributed by atoms with Crippen molar-refractivity contribution in [1.29, 1.82) is 0 Å². The van der Waals surface area contributed by atoms with Gasteiger partial charge in [0.05, 0.1) is 0 Å². The smallest absolute Gasteiger partial charge is 0.248 e. The lowest BCUT2D eigenvalue weighted by atomic mass is 10.0. The lowest BCUT2D eigenvalue weighted by molar-refractivity contribution is 0.217. The number of aliphatic hydroxyl groups excluding tert-OH is 1. The van der Waals surface area contributed by atoms with Crippen LogP contribution in [-0.4, -0.2) is 42.9 Å². The molecule has 20 heavy (non-hydrogen) atoms. The fourth-order valence-electron chi connectivity index (χ4n) is 1.76. The van der Waals surface area contributed by atoms with E-state index >= 15 is 0 Å². The van der Waals surface area contributed by atoms with Crippen molar-refractivity contribution in [2.24, 2.45) is 5.92 Å². The third-order valence-electron chi connectivity index (χ3n) is 3.38. The van der Waals surface area contributed by atoms with E-state index in [4.69, 9.17) is 5.11 Å². The Labute approximate surface area is 120 Å². The first-order chi connectivity index (χ1) is 9.29. The van der Waals surface area contributed by atoms with Crippen LogP contribution in [0.5, 0.6) is 0 Å². The van der Waals surface area contributed by atoms with Crippen molar-refractivity contribution in [3.63, 3.8) is 0 Å². The van der Waals surface area contributed by atoms with Gasteiger partial charge in [-0.3, -0.25) is 0 Å². The molecule has 0 bridgehead atoms. The Hall–Kier alpha value is -1.21. The zero-order valence-electron chi connectivity index (χ0n) is 12.5. The summed E-state index contributed by atoms with van der Waals surface area (Å²) in [6.45, 7) is 6.45. The zero-order valence-corrected chi connectivity index (χ0v) is 13.3. The van der Waals surface area contributed by atoms with Crippen molar-refractivity contribution in [3.05, 3.63) is 11.3 Å². The van der Waals surface area contributed by atoms with Crippen LogP contribution >= 0.6 is 0 Å². The first-order valence-electron chi connectivity index (χ1n) is 6.69. The van der Waals surface area contributed by atoms with E-state index in [0.29, 0.717) is 18.1 Å². The number of rotatable bonds is 7. The highest BCUT2D eigenvalue weighted by molar-refractivity contribution is 7.90. The second-order valence-electron chi connectivity index (χ2n) is 5.01. The number of hydrogen-bond acceptors (Lipinski definition) is 6. The number of anilines is 1. The van der Waals surface area contributed by atoms with Crippen molar-refractivity contribution < 1.29 is 13.5 Å². The molecule has 1 rings (SSSR count). The summed E-state index contributed by atoms with van der Waals surface area (Å²) in [5, 5.41) is 12.1. The van der Waals surface area contributed by atoms with Gasteiger partial charge in [0.25, 0.3) is 0 Å². The molecule has 2 N–H and O–H groups in total. The van der Waals surface area contributed by atoms with E-state index in [0.717, 1.165) is 24.7 Å². The van der Waals surface area contributed by atoms with Crippen molar-refractivity contribution >= 4 is 15.7 Å². The first kappa shape index (κ1) is 16.8. The minimum absolute atomic E-state index is 0.155. The molecule has 0 saturated heterocycles. The summed E-state index contributed by atoms with van der Waals surface area (Å²) in [6, 6.07) is 0. The van der Waals surface area contributed by atoms with E-state index < -0.39 is 9.84 Å². The third kappa shape index (κ3) is 4.42. The largest absolute Gasteiger partial charge is 0.396 e. The minimum atomic E-state index is -3.42. The molecular formula is C13H23N3O3S. The van der Waals surface area contributed by atoms with Crippen molar-refractivity contribution in [3.8, 4) is 0 Å². The maximum atomic E-state index is 11.5. The number of aryl methyl sites for hydroxylation is 1. The second kappa shape index (κ2) is 6.99. The van der Waals surface area contributed by atoms with Gasteiger partial charge in [-0.25, -0.2) is 18.4 Å². The average molecular weight is 301 g/mol. The molecule has 0 saturated carbocycles. The maximum Gasteiger partial charge on any atom is 0.248 e. The van der Waals surface area contributed by atoms with Gasteiger partial charge in [0.15, 0.2) is 0 Å². The van der Waals surface area contributed by atoms with Crippen LogP contribution in [0.25, 0.3) is 0 Å². The van der Waals surface area contributed by atoms with Crippen LogP contribution in [0.4, 0.5) is 5.82 Å². The van der Waals surface area contributed by atoms with E-state index in [9.17, 15) is 8.42 Å². The van der Waals surface area contributed by atoms with Gasteiger partial charge < -0.3 is 10.4 Å². The van der Waals surface area contributed by atoms with Crippen LogP contribution in [0.15, 0.2) is 5.16 Å². The number of sulfone groups is 1. The SMILES string of the molecule is CCC(CO)CCNc1nc(S(C)(=O)=O)nc(C)c1C. The molecule has 0 aliphatic carbocycles. The summed E-state index contributed by atoms with van der Waals surface area (Å²) in [5.74, 6) is 0.797. The van der Waals surface area contributed by atoms with Crippen LogP contribution in [0.1, 0.15) is 31.0 Å². The second-order valence-corrected chi connectivity index (χ2v) is 6.92. The molecule has 0 radical (unpaired) electrons. The van der Waals surface area contributed by atoms with Crippen molar-refractivity contribution in [2.45, 2.75) is 38.8 Å². The minimum Gasteiger partial charge on any atom is -0.396 e. The Morgan fingerprint density at radius 2 is 1.95 bits per heavy atom. The van der Waals surface area contributed by atoms with E-state index in [1.54, 1.807) is 6.92 Å². The Morgan fingerprint density at radius 3 is 2.45 bits per heavy atom. The Balaban J connectivity index is 2.87. The van der Waals surface area contributed by atoms with Crippen LogP contribution in [0, 0.1) is 19.8 Å². The summed E-state index contributed by atoms with van der Waals surface area (Å²) in [6.07, 6.45) is 2.82. The topological polar surface area (TPSA) is 92.2 Å². The highest BCUT2D eigenvalue weighted by Crippen LogP contribution is 2.17. The van der Waals surface area contributed by atoms with E-state index in [2.05, 4.69) is 15.3 Å². The third-order valence-corrected chi connectivity index (χ3v) is 4.23. The molecule has 0 aliphatic heterocycles. The molecule has 1 aromatic rings. The van der Waals surface area contributed by atoms with Gasteiger partial charge in [-0.05, 0) is 26.2 Å². The lowest BCUT2D eigenvalue weighted by Crippen LogP contribution is -2.15. The zero-order chi connectivity index (χ0) is 15.3. The number of hydrogen-bond donors (Lipinski definition) is 2. The van der Waals surface area contributed by atoms with Gasteiger partial charge in [0.2, 0.25) is 15.0 Å². The molecule has 0 fully saturated rings. The van der Waals surface area contributed by atoms with Gasteiger partial charge in [0, 0.05) is 30.7 Å². The molecular weight excluding hydrogens is 278 g/mol. The monoisotopic (exact) mass is 301 g/mol. The predicted octanol–water partition coefficient (Wildman–Crippen LogP) is 1.32. The summed E-state index contributed by atoms with van der Waals surface area (Å²) in [4.78, 5) is 8.08. The first-order valence-corrected chi connectivity index (χ1v) is 8.58. The van der Waals surface area contributed by atoms with Gasteiger partial charge >= 0.3 is 0 Å². The highest BCUT2D eigenvalue weighted by atomic mass is 32.2. The average Bonchev–Trinajstić information content (AvgIpc) is 2.38. The van der Waals surface area contributed by atoms with Crippen LogP contribution < -0.4 is 5.32 Å². The molecule has 0 aliphatic rings. The highest BCUT2D eigenvalue weighted by Gasteiger charge is 2.15. The Kier molecular flexibility index (Phi) is 5.88. The summed E-state index contributed by atoms with van der Waals surface area (Å²) in [7, 11) is -3.42. The van der Waals surface area contributed by atoms with Crippen molar-refractivity contribution in [1.82, 2.24) is 9.97 Å². The summed E-state index contributed by atoms with van der Waals surface area (Å²) >= 11 is 0. The van der Waals surface area contributed by atoms with Gasteiger partial charge in [-0.2, -0.15) is 0 Å². The lowest BCUT2D eigenvalue weighted by Gasteiger charge is -2.14. The maximum absolute atomic E-state index is 11.5. The van der Waals surface area contributed by atoms with Crippen LogP contribution in [-0.2, 0) is 9.84 Å². The quantitative estimate of drug-likeness (QED) is 0.738. The normalized spacial score (nSPS) is 13.2. The van der Waals surface area contributed by atoms with E-state index in [1.165, 1.54) is 0 Å². The van der Waals surface area contributed by atoms with Gasteiger partial charge in [0.1, 0.15) is 5.82 Å². The van der Waals surface area contributed by atoms with Gasteiger partial charge in [-0.15, -0.1) is 0 Å². The molecule has 0 spiro atoms. The molecule has 0 aromatic carbocycles. The van der Waals surface area contributed by atoms with Crippen LogP contribution in [0.2, 0.25) is 0 Å². The molecule has 0 amide bonds. The molecule has 1 aromatic heterocycles. The molecule has 1 atom stereocenters. The standard InChI is InChI=1S/C13H23N3O3S/c1-5-11(8-17)6-7-14-12-9(2)10(3)15-13(16-12)20(4,18)19/h11,17H,5-8H2,1-4H3,(H,14,15,16). The Morgan fingerprint density at radius 1 is 1.30 bits per heavy atom. The molecule has 7 heteroatoms. The number of nitrogens with zero attached hydrogens (tertiary/aromatic N) is 2. The van der Waals surface area contributed by atoms with Crippen LogP contribution in [0.3, 0.4) is 0 Å². The molecule has 1 unspecified atom stereocenters. The summed E-state index contributed by atoms with van der Waals surface area (Å²) < 4.78 is 23.1. The molecule has 114 valence electrons. The predicted molar refractivity (Wildman–Crippen MR) is 78.6 cm³/mol. The molecule has 1 heterocycles.